The van der Waals surface area contributed by atoms with Gasteiger partial charge in [-0.2, -0.15) is 0 Å². The van der Waals surface area contributed by atoms with Crippen LogP contribution in [0, 0.1) is 11.8 Å². The Balaban J connectivity index is 1.29. The fraction of sp³-hybridized carbons (Fsp3) is 0.250. The molecule has 1 unspecified atom stereocenters. The van der Waals surface area contributed by atoms with Gasteiger partial charge in [0.05, 0.1) is 13.5 Å². The minimum absolute atomic E-state index is 0.0815. The smallest absolute Gasteiger partial charge is 0.412 e. The molecule has 256 valence electrons. The van der Waals surface area contributed by atoms with Crippen LogP contribution in [0.4, 0.5) is 15.3 Å². The molecule has 0 saturated heterocycles. The van der Waals surface area contributed by atoms with E-state index in [1.807, 2.05) is 36.4 Å². The Morgan fingerprint density at radius 1 is 0.820 bits per heavy atom. The predicted octanol–water partition coefficient (Wildman–Crippen LogP) is 6.55. The molecule has 10 heteroatoms. The summed E-state index contributed by atoms with van der Waals surface area (Å²) in [6, 6.07) is 27.1. The molecule has 50 heavy (non-hydrogen) atoms. The number of anilines is 1. The maximum atomic E-state index is 13.2. The Kier molecular flexibility index (Phi) is 10.9. The summed E-state index contributed by atoms with van der Waals surface area (Å²) in [7, 11) is 1.26. The van der Waals surface area contributed by atoms with Gasteiger partial charge in [-0.3, -0.25) is 14.9 Å². The van der Waals surface area contributed by atoms with Gasteiger partial charge in [0.15, 0.2) is 0 Å². The second kappa shape index (κ2) is 15.4. The molecule has 4 aromatic rings. The molecular formula is C40H39N3O7. The van der Waals surface area contributed by atoms with Crippen LogP contribution in [0.25, 0.3) is 11.1 Å². The molecule has 0 fully saturated rings. The van der Waals surface area contributed by atoms with E-state index in [4.69, 9.17) is 19.9 Å². The Labute approximate surface area is 291 Å². The van der Waals surface area contributed by atoms with Crippen molar-refractivity contribution in [1.29, 1.82) is 0 Å². The van der Waals surface area contributed by atoms with Gasteiger partial charge in [0, 0.05) is 34.3 Å². The van der Waals surface area contributed by atoms with E-state index in [0.29, 0.717) is 22.4 Å². The predicted molar refractivity (Wildman–Crippen MR) is 190 cm³/mol. The van der Waals surface area contributed by atoms with Gasteiger partial charge in [-0.25, -0.2) is 9.59 Å². The summed E-state index contributed by atoms with van der Waals surface area (Å²) in [6.07, 6.45) is -1.35. The molecule has 1 aliphatic carbocycles. The average molecular weight is 674 g/mol. The van der Waals surface area contributed by atoms with Crippen molar-refractivity contribution in [3.05, 3.63) is 124 Å². The molecule has 4 N–H and O–H groups in total. The number of fused-ring (bicyclic) bond motifs is 3. The first-order valence-corrected chi connectivity index (χ1v) is 16.1. The molecule has 0 aliphatic heterocycles. The molecule has 0 radical (unpaired) electrons. The first kappa shape index (κ1) is 35.2. The minimum Gasteiger partial charge on any atom is -0.469 e. The lowest BCUT2D eigenvalue weighted by Crippen LogP contribution is -2.39. The van der Waals surface area contributed by atoms with Gasteiger partial charge in [0.25, 0.3) is 0 Å². The maximum Gasteiger partial charge on any atom is 0.412 e. The number of ether oxygens (including phenoxy) is 3. The number of alkyl carbamates (subject to hydrolysis) is 1. The molecule has 0 saturated carbocycles. The number of hydrogen-bond acceptors (Lipinski definition) is 7. The average Bonchev–Trinajstić information content (AvgIpc) is 3.39. The van der Waals surface area contributed by atoms with Crippen molar-refractivity contribution in [2.45, 2.75) is 51.2 Å². The number of hydrogen-bond donors (Lipinski definition) is 3. The number of carbonyl (C=O) groups excluding carboxylic acids is 4. The highest BCUT2D eigenvalue weighted by Gasteiger charge is 2.29. The normalized spacial score (nSPS) is 12.3. The summed E-state index contributed by atoms with van der Waals surface area (Å²) >= 11 is 0. The molecule has 1 aliphatic rings. The van der Waals surface area contributed by atoms with Crippen LogP contribution in [0.2, 0.25) is 0 Å². The van der Waals surface area contributed by atoms with Crippen molar-refractivity contribution in [2.24, 2.45) is 5.73 Å². The number of carbonyl (C=O) groups is 4. The van der Waals surface area contributed by atoms with E-state index in [0.717, 1.165) is 22.3 Å². The second-order valence-electron chi connectivity index (χ2n) is 12.8. The summed E-state index contributed by atoms with van der Waals surface area (Å²) in [6.45, 7) is 5.45. The lowest BCUT2D eigenvalue weighted by Gasteiger charge is -2.20. The van der Waals surface area contributed by atoms with Gasteiger partial charge in [-0.1, -0.05) is 60.4 Å². The van der Waals surface area contributed by atoms with Crippen LogP contribution in [-0.2, 0) is 25.4 Å². The number of nitrogens with one attached hydrogen (secondary N) is 2. The number of amides is 3. The number of methoxy groups -OCH3 is 1. The highest BCUT2D eigenvalue weighted by atomic mass is 16.6. The molecular weight excluding hydrogens is 634 g/mol. The quantitative estimate of drug-likeness (QED) is 0.104. The number of esters is 1. The fourth-order valence-corrected chi connectivity index (χ4v) is 5.81. The van der Waals surface area contributed by atoms with Gasteiger partial charge >= 0.3 is 18.2 Å². The van der Waals surface area contributed by atoms with Crippen molar-refractivity contribution in [3.63, 3.8) is 0 Å². The van der Waals surface area contributed by atoms with Crippen LogP contribution >= 0.6 is 0 Å². The Morgan fingerprint density at radius 3 is 2.02 bits per heavy atom. The van der Waals surface area contributed by atoms with E-state index in [2.05, 4.69) is 34.6 Å². The first-order chi connectivity index (χ1) is 23.9. The standard InChI is InChI=1S/C40H39N3O7/c1-40(2,3)50-39(47)42-28-18-15-25(16-19-28)13-14-26-17-20-30(37(41)45)27(21-26)22-29(23-36(44)48-4)43-38(46)49-24-35-33-11-7-5-9-31(33)32-10-6-8-12-34(32)35/h5-12,15-21,29,35H,22-24H2,1-4H3,(H2,41,45)(H,42,47)(H,43,46). The summed E-state index contributed by atoms with van der Waals surface area (Å²) in [5.74, 6) is 4.80. The zero-order valence-electron chi connectivity index (χ0n) is 28.4. The number of rotatable bonds is 9. The van der Waals surface area contributed by atoms with Crippen LogP contribution in [-0.4, -0.2) is 49.4 Å². The summed E-state index contributed by atoms with van der Waals surface area (Å²) in [4.78, 5) is 50.0. The summed E-state index contributed by atoms with van der Waals surface area (Å²) in [5, 5.41) is 5.47. The third-order valence-electron chi connectivity index (χ3n) is 8.02. The topological polar surface area (TPSA) is 146 Å². The van der Waals surface area contributed by atoms with E-state index < -0.39 is 35.7 Å². The Morgan fingerprint density at radius 2 is 1.42 bits per heavy atom. The van der Waals surface area contributed by atoms with Crippen LogP contribution in [0.15, 0.2) is 91.0 Å². The molecule has 0 aromatic heterocycles. The Bertz CT molecular complexity index is 1920. The molecule has 0 heterocycles. The molecule has 5 rings (SSSR count). The minimum atomic E-state index is -0.774. The third-order valence-corrected chi connectivity index (χ3v) is 8.02. The lowest BCUT2D eigenvalue weighted by atomic mass is 9.96. The van der Waals surface area contributed by atoms with Crippen molar-refractivity contribution < 1.29 is 33.4 Å². The zero-order chi connectivity index (χ0) is 35.8. The second-order valence-corrected chi connectivity index (χ2v) is 12.8. The van der Waals surface area contributed by atoms with E-state index >= 15 is 0 Å². The molecule has 1 atom stereocenters. The maximum absolute atomic E-state index is 13.2. The molecule has 0 spiro atoms. The van der Waals surface area contributed by atoms with E-state index in [1.165, 1.54) is 7.11 Å². The lowest BCUT2D eigenvalue weighted by molar-refractivity contribution is -0.141. The molecule has 4 aromatic carbocycles. The van der Waals surface area contributed by atoms with Crippen LogP contribution in [0.3, 0.4) is 0 Å². The number of primary amides is 1. The highest BCUT2D eigenvalue weighted by Crippen LogP contribution is 2.44. The number of benzene rings is 4. The van der Waals surface area contributed by atoms with E-state index in [1.54, 1.807) is 63.2 Å². The van der Waals surface area contributed by atoms with Crippen molar-refractivity contribution in [1.82, 2.24) is 5.32 Å². The molecule has 3 amide bonds. The van der Waals surface area contributed by atoms with Crippen molar-refractivity contribution >= 4 is 29.8 Å². The largest absolute Gasteiger partial charge is 0.469 e. The zero-order valence-corrected chi connectivity index (χ0v) is 28.4. The van der Waals surface area contributed by atoms with Crippen molar-refractivity contribution in [3.8, 4) is 23.0 Å². The highest BCUT2D eigenvalue weighted by molar-refractivity contribution is 5.94. The van der Waals surface area contributed by atoms with Crippen molar-refractivity contribution in [2.75, 3.05) is 19.0 Å². The van der Waals surface area contributed by atoms with E-state index in [-0.39, 0.29) is 30.9 Å². The number of nitrogens with two attached hydrogens (primary N) is 1. The Hall–Kier alpha value is -6.08. The van der Waals surface area contributed by atoms with Crippen LogP contribution < -0.4 is 16.4 Å². The SMILES string of the molecule is COC(=O)CC(Cc1cc(C#Cc2ccc(NC(=O)OC(C)(C)C)cc2)ccc1C(N)=O)NC(=O)OCC1c2ccccc2-c2ccccc21. The van der Waals surface area contributed by atoms with Gasteiger partial charge in [-0.05, 0) is 97.5 Å². The third kappa shape index (κ3) is 9.08. The molecule has 0 bridgehead atoms. The van der Waals surface area contributed by atoms with Gasteiger partial charge < -0.3 is 25.3 Å². The van der Waals surface area contributed by atoms with Crippen LogP contribution in [0.1, 0.15) is 71.3 Å². The van der Waals surface area contributed by atoms with Gasteiger partial charge in [0.1, 0.15) is 12.2 Å². The fourth-order valence-electron chi connectivity index (χ4n) is 5.81. The molecule has 10 nitrogen and oxygen atoms in total. The van der Waals surface area contributed by atoms with Gasteiger partial charge in [-0.15, -0.1) is 0 Å². The first-order valence-electron chi connectivity index (χ1n) is 16.1. The summed E-state index contributed by atoms with van der Waals surface area (Å²) < 4.78 is 15.9. The van der Waals surface area contributed by atoms with E-state index in [9.17, 15) is 19.2 Å². The summed E-state index contributed by atoms with van der Waals surface area (Å²) in [5.41, 5.74) is 12.0. The van der Waals surface area contributed by atoms with Crippen LogP contribution in [0.5, 0.6) is 0 Å². The monoisotopic (exact) mass is 673 g/mol. The van der Waals surface area contributed by atoms with Gasteiger partial charge in [0.2, 0.25) is 5.91 Å².